The maximum atomic E-state index is 13.4. The van der Waals surface area contributed by atoms with Gasteiger partial charge in [0, 0.05) is 7.11 Å². The number of hydrogen-bond acceptors (Lipinski definition) is 3. The summed E-state index contributed by atoms with van der Waals surface area (Å²) in [5.74, 6) is -6.09. The van der Waals surface area contributed by atoms with Crippen LogP contribution in [0.1, 0.15) is 5.56 Å². The molecule has 0 spiro atoms. The Morgan fingerprint density at radius 3 is 1.95 bits per heavy atom. The molecule has 3 N–H and O–H groups in total. The Bertz CT molecular complexity index is 477. The molecular formula is C10H10F5N3O. The fraction of sp³-hybridized carbons (Fsp3) is 0.300. The summed E-state index contributed by atoms with van der Waals surface area (Å²) in [5.41, 5.74) is 0.579. The number of ether oxygens (including phenoxy) is 1. The third kappa shape index (κ3) is 2.99. The highest BCUT2D eigenvalue weighted by Gasteiger charge is 2.28. The fourth-order valence-electron chi connectivity index (χ4n) is 1.26. The van der Waals surface area contributed by atoms with Gasteiger partial charge in [-0.1, -0.05) is 0 Å². The normalized spacial score (nSPS) is 11.8. The van der Waals surface area contributed by atoms with Crippen LogP contribution >= 0.6 is 0 Å². The van der Waals surface area contributed by atoms with Gasteiger partial charge in [-0.25, -0.2) is 27.8 Å². The number of benzene rings is 1. The first kappa shape index (κ1) is 15.3. The zero-order valence-corrected chi connectivity index (χ0v) is 9.74. The lowest BCUT2D eigenvalue weighted by Gasteiger charge is -2.10. The number of nitrogens with one attached hydrogen (secondary N) is 1. The van der Waals surface area contributed by atoms with E-state index in [0.717, 1.165) is 0 Å². The van der Waals surface area contributed by atoms with E-state index in [-0.39, 0.29) is 13.2 Å². The van der Waals surface area contributed by atoms with Gasteiger partial charge in [-0.3, -0.25) is 4.99 Å². The van der Waals surface area contributed by atoms with E-state index in [0.29, 0.717) is 0 Å². The van der Waals surface area contributed by atoms with Gasteiger partial charge in [0.2, 0.25) is 5.82 Å². The molecule has 4 nitrogen and oxygen atoms in total. The van der Waals surface area contributed by atoms with Crippen LogP contribution < -0.4 is 11.3 Å². The fourth-order valence-corrected chi connectivity index (χ4v) is 1.26. The van der Waals surface area contributed by atoms with E-state index in [9.17, 15) is 22.0 Å². The molecule has 0 saturated carbocycles. The summed E-state index contributed by atoms with van der Waals surface area (Å²) in [4.78, 5) is 3.56. The molecule has 106 valence electrons. The topological polar surface area (TPSA) is 59.6 Å². The maximum Gasteiger partial charge on any atom is 0.200 e. The van der Waals surface area contributed by atoms with E-state index in [4.69, 9.17) is 5.84 Å². The van der Waals surface area contributed by atoms with Crippen LogP contribution in [0.2, 0.25) is 0 Å². The first-order valence-corrected chi connectivity index (χ1v) is 4.97. The van der Waals surface area contributed by atoms with Gasteiger partial charge in [0.25, 0.3) is 0 Å². The smallest absolute Gasteiger partial charge is 0.200 e. The predicted molar refractivity (Wildman–Crippen MR) is 56.8 cm³/mol. The number of halogens is 5. The molecule has 1 rings (SSSR count). The van der Waals surface area contributed by atoms with E-state index >= 15 is 0 Å². The average molecular weight is 283 g/mol. The molecule has 0 heterocycles. The lowest BCUT2D eigenvalue weighted by atomic mass is 10.1. The van der Waals surface area contributed by atoms with Crippen molar-refractivity contribution in [3.8, 4) is 0 Å². The van der Waals surface area contributed by atoms with Gasteiger partial charge in [-0.15, -0.1) is 0 Å². The van der Waals surface area contributed by atoms with Crippen LogP contribution in [0.5, 0.6) is 0 Å². The highest BCUT2D eigenvalue weighted by atomic mass is 19.2. The molecule has 1 aromatic rings. The number of nitrogens with zero attached hydrogens (tertiary/aromatic N) is 1. The molecule has 0 saturated heterocycles. The highest BCUT2D eigenvalue weighted by molar-refractivity contribution is 5.99. The summed E-state index contributed by atoms with van der Waals surface area (Å²) >= 11 is 0. The molecule has 9 heteroatoms. The molecule has 0 aliphatic heterocycles. The summed E-state index contributed by atoms with van der Waals surface area (Å²) < 4.78 is 70.3. The van der Waals surface area contributed by atoms with Gasteiger partial charge in [-0.05, 0) is 0 Å². The van der Waals surface area contributed by atoms with E-state index in [1.807, 2.05) is 0 Å². The number of methoxy groups -OCH3 is 1. The van der Waals surface area contributed by atoms with Crippen molar-refractivity contribution < 1.29 is 26.7 Å². The van der Waals surface area contributed by atoms with E-state index < -0.39 is 40.5 Å². The van der Waals surface area contributed by atoms with Crippen molar-refractivity contribution in [2.75, 3.05) is 20.3 Å². The minimum absolute atomic E-state index is 0.0739. The molecular weight excluding hydrogens is 273 g/mol. The van der Waals surface area contributed by atoms with Crippen LogP contribution in [0.15, 0.2) is 4.99 Å². The van der Waals surface area contributed by atoms with Gasteiger partial charge < -0.3 is 10.2 Å². The van der Waals surface area contributed by atoms with Crippen LogP contribution in [0.25, 0.3) is 0 Å². The Labute approximate surface area is 105 Å². The molecule has 0 aliphatic rings. The standard InChI is InChI=1S/C10H10F5N3O/c1-19-3-2-17-10(18-16)4-5(11)7(13)9(15)8(14)6(4)12/h2-3,16H2,1H3,(H,17,18). The van der Waals surface area contributed by atoms with Crippen molar-refractivity contribution in [3.63, 3.8) is 0 Å². The molecule has 1 aromatic carbocycles. The Kier molecular flexibility index (Phi) is 5.19. The molecule has 0 aromatic heterocycles. The molecule has 19 heavy (non-hydrogen) atoms. The van der Waals surface area contributed by atoms with Gasteiger partial charge in [0.1, 0.15) is 5.84 Å². The molecule has 0 aliphatic carbocycles. The molecule has 0 bridgehead atoms. The summed E-state index contributed by atoms with van der Waals surface area (Å²) in [6.07, 6.45) is 0. The summed E-state index contributed by atoms with van der Waals surface area (Å²) in [5, 5.41) is 0. The van der Waals surface area contributed by atoms with Crippen LogP contribution in [0, 0.1) is 29.1 Å². The van der Waals surface area contributed by atoms with Gasteiger partial charge in [0.15, 0.2) is 23.3 Å². The van der Waals surface area contributed by atoms with Gasteiger partial charge in [-0.2, -0.15) is 0 Å². The number of aliphatic imine (C=N–C) groups is 1. The van der Waals surface area contributed by atoms with Crippen molar-refractivity contribution in [1.29, 1.82) is 0 Å². The van der Waals surface area contributed by atoms with E-state index in [2.05, 4.69) is 9.73 Å². The summed E-state index contributed by atoms with van der Waals surface area (Å²) in [6, 6.07) is 0. The van der Waals surface area contributed by atoms with Gasteiger partial charge in [0.05, 0.1) is 18.7 Å². The summed E-state index contributed by atoms with van der Waals surface area (Å²) in [6.45, 7) is 0.0100. The van der Waals surface area contributed by atoms with Crippen molar-refractivity contribution in [2.24, 2.45) is 10.8 Å². The Morgan fingerprint density at radius 2 is 1.53 bits per heavy atom. The number of hydrogen-bond donors (Lipinski definition) is 2. The van der Waals surface area contributed by atoms with Crippen molar-refractivity contribution in [2.45, 2.75) is 0 Å². The third-order valence-corrected chi connectivity index (χ3v) is 2.15. The number of hydrazine groups is 1. The van der Waals surface area contributed by atoms with Crippen molar-refractivity contribution in [3.05, 3.63) is 34.6 Å². The highest BCUT2D eigenvalue weighted by Crippen LogP contribution is 2.23. The lowest BCUT2D eigenvalue weighted by Crippen LogP contribution is -2.34. The first-order valence-electron chi connectivity index (χ1n) is 4.97. The van der Waals surface area contributed by atoms with Crippen LogP contribution in [-0.4, -0.2) is 26.1 Å². The minimum Gasteiger partial charge on any atom is -0.383 e. The molecule has 0 atom stereocenters. The largest absolute Gasteiger partial charge is 0.383 e. The average Bonchev–Trinajstić information content (AvgIpc) is 2.41. The van der Waals surface area contributed by atoms with Crippen LogP contribution in [-0.2, 0) is 4.74 Å². The minimum atomic E-state index is -2.24. The SMILES string of the molecule is COCCN=C(NN)c1c(F)c(F)c(F)c(F)c1F. The van der Waals surface area contributed by atoms with Crippen LogP contribution in [0.4, 0.5) is 22.0 Å². The second-order valence-corrected chi connectivity index (χ2v) is 3.31. The lowest BCUT2D eigenvalue weighted by molar-refractivity contribution is 0.208. The van der Waals surface area contributed by atoms with Crippen molar-refractivity contribution in [1.82, 2.24) is 5.43 Å². The Balaban J connectivity index is 3.36. The van der Waals surface area contributed by atoms with Gasteiger partial charge >= 0.3 is 0 Å². The van der Waals surface area contributed by atoms with Crippen molar-refractivity contribution >= 4 is 5.84 Å². The molecule has 0 radical (unpaired) electrons. The predicted octanol–water partition coefficient (Wildman–Crippen LogP) is 1.24. The second kappa shape index (κ2) is 6.43. The first-order chi connectivity index (χ1) is 8.95. The Hall–Kier alpha value is -1.74. The zero-order valence-electron chi connectivity index (χ0n) is 9.74. The molecule has 0 fully saturated rings. The number of rotatable bonds is 4. The maximum absolute atomic E-state index is 13.4. The number of nitrogens with two attached hydrogens (primary N) is 1. The Morgan fingerprint density at radius 1 is 1.05 bits per heavy atom. The quantitative estimate of drug-likeness (QED) is 0.128. The van der Waals surface area contributed by atoms with E-state index in [1.165, 1.54) is 7.11 Å². The monoisotopic (exact) mass is 283 g/mol. The second-order valence-electron chi connectivity index (χ2n) is 3.31. The third-order valence-electron chi connectivity index (χ3n) is 2.15. The summed E-state index contributed by atoms with van der Waals surface area (Å²) in [7, 11) is 1.35. The zero-order chi connectivity index (χ0) is 14.6. The molecule has 0 amide bonds. The van der Waals surface area contributed by atoms with E-state index in [1.54, 1.807) is 5.43 Å². The number of amidine groups is 1. The van der Waals surface area contributed by atoms with Crippen LogP contribution in [0.3, 0.4) is 0 Å². The molecule has 0 unspecified atom stereocenters.